The molecule has 1 saturated heterocycles. The zero-order chi connectivity index (χ0) is 22.0. The standard InChI is InChI=1S/C18H12N2O8S2/c21-15(22)8-12(17(24)25)19-16(23)14(30-18(19)29)7-9-5-6-13(28-9)10-3-1-2-4-11(10)20(26)27/h1-7,12H,8H2,(H,21,22)(H,24,25)/b14-7-. The minimum atomic E-state index is -1.64. The molecule has 1 amide bonds. The Labute approximate surface area is 177 Å². The van der Waals surface area contributed by atoms with Gasteiger partial charge >= 0.3 is 11.9 Å². The van der Waals surface area contributed by atoms with Crippen LogP contribution in [0.3, 0.4) is 0 Å². The summed E-state index contributed by atoms with van der Waals surface area (Å²) in [5, 5.41) is 29.4. The molecule has 1 aliphatic rings. The van der Waals surface area contributed by atoms with E-state index >= 15 is 0 Å². The van der Waals surface area contributed by atoms with E-state index in [0.29, 0.717) is 0 Å². The van der Waals surface area contributed by atoms with Crippen molar-refractivity contribution in [3.05, 3.63) is 57.2 Å². The molecule has 0 bridgehead atoms. The van der Waals surface area contributed by atoms with Gasteiger partial charge in [-0.2, -0.15) is 0 Å². The highest BCUT2D eigenvalue weighted by Gasteiger charge is 2.41. The molecule has 1 fully saturated rings. The van der Waals surface area contributed by atoms with Crippen molar-refractivity contribution < 1.29 is 33.9 Å². The number of para-hydroxylation sites is 1. The van der Waals surface area contributed by atoms with Gasteiger partial charge in [-0.05, 0) is 18.2 Å². The van der Waals surface area contributed by atoms with E-state index in [9.17, 15) is 29.6 Å². The van der Waals surface area contributed by atoms with E-state index in [1.165, 1.54) is 36.4 Å². The fraction of sp³-hybridized carbons (Fsp3) is 0.111. The second-order valence-corrected chi connectivity index (χ2v) is 7.66. The number of nitro benzene ring substituents is 1. The van der Waals surface area contributed by atoms with Gasteiger partial charge in [-0.25, -0.2) is 4.79 Å². The molecule has 2 N–H and O–H groups in total. The van der Waals surface area contributed by atoms with E-state index in [-0.39, 0.29) is 32.0 Å². The number of nitro groups is 1. The van der Waals surface area contributed by atoms with Crippen molar-refractivity contribution in [2.45, 2.75) is 12.5 Å². The number of carboxylic acid groups (broad SMARTS) is 2. The molecule has 2 aromatic rings. The summed E-state index contributed by atoms with van der Waals surface area (Å²) in [5.41, 5.74) is 0.102. The summed E-state index contributed by atoms with van der Waals surface area (Å²) in [6.45, 7) is 0. The number of thioether (sulfide) groups is 1. The van der Waals surface area contributed by atoms with Crippen LogP contribution in [0.4, 0.5) is 5.69 Å². The number of hydrogen-bond donors (Lipinski definition) is 2. The zero-order valence-corrected chi connectivity index (χ0v) is 16.5. The lowest BCUT2D eigenvalue weighted by Crippen LogP contribution is -2.45. The Hall–Kier alpha value is -3.51. The fourth-order valence-corrected chi connectivity index (χ4v) is 4.09. The van der Waals surface area contributed by atoms with Crippen molar-refractivity contribution in [2.75, 3.05) is 0 Å². The molecule has 1 aromatic heterocycles. The first-order chi connectivity index (χ1) is 14.2. The van der Waals surface area contributed by atoms with Crippen molar-refractivity contribution in [1.29, 1.82) is 0 Å². The molecule has 12 heteroatoms. The summed E-state index contributed by atoms with van der Waals surface area (Å²) in [6.07, 6.45) is 0.509. The van der Waals surface area contributed by atoms with Crippen LogP contribution in [0, 0.1) is 10.1 Å². The number of nitrogens with zero attached hydrogens (tertiary/aromatic N) is 2. The molecule has 3 rings (SSSR count). The Bertz CT molecular complexity index is 1110. The topological polar surface area (TPSA) is 151 Å². The second kappa shape index (κ2) is 8.47. The van der Waals surface area contributed by atoms with Gasteiger partial charge in [0.2, 0.25) is 0 Å². The summed E-state index contributed by atoms with van der Waals surface area (Å²) in [7, 11) is 0. The predicted molar refractivity (Wildman–Crippen MR) is 109 cm³/mol. The number of rotatable bonds is 7. The highest BCUT2D eigenvalue weighted by molar-refractivity contribution is 8.26. The number of thiocarbonyl (C=S) groups is 1. The van der Waals surface area contributed by atoms with Crippen LogP contribution in [-0.2, 0) is 14.4 Å². The Morgan fingerprint density at radius 1 is 1.27 bits per heavy atom. The molecular formula is C18H12N2O8S2. The van der Waals surface area contributed by atoms with Gasteiger partial charge in [0.25, 0.3) is 11.6 Å². The van der Waals surface area contributed by atoms with Gasteiger partial charge in [-0.3, -0.25) is 24.6 Å². The highest BCUT2D eigenvalue weighted by Crippen LogP contribution is 2.36. The first kappa shape index (κ1) is 21.2. The lowest BCUT2D eigenvalue weighted by atomic mass is 10.1. The van der Waals surface area contributed by atoms with Crippen LogP contribution >= 0.6 is 24.0 Å². The fourth-order valence-electron chi connectivity index (χ4n) is 2.75. The Morgan fingerprint density at radius 3 is 2.60 bits per heavy atom. The molecular weight excluding hydrogens is 436 g/mol. The van der Waals surface area contributed by atoms with Gasteiger partial charge in [-0.1, -0.05) is 36.1 Å². The number of carboxylic acids is 2. The third kappa shape index (κ3) is 4.23. The molecule has 0 radical (unpaired) electrons. The van der Waals surface area contributed by atoms with Crippen LogP contribution < -0.4 is 0 Å². The van der Waals surface area contributed by atoms with E-state index < -0.39 is 35.2 Å². The minimum absolute atomic E-state index is 0.0418. The molecule has 1 aliphatic heterocycles. The Balaban J connectivity index is 1.90. The Kier molecular flexibility index (Phi) is 5.99. The van der Waals surface area contributed by atoms with Crippen LogP contribution in [0.1, 0.15) is 12.2 Å². The van der Waals surface area contributed by atoms with Crippen molar-refractivity contribution in [3.63, 3.8) is 0 Å². The van der Waals surface area contributed by atoms with Gasteiger partial charge in [-0.15, -0.1) is 0 Å². The van der Waals surface area contributed by atoms with Crippen LogP contribution in [0.5, 0.6) is 0 Å². The summed E-state index contributed by atoms with van der Waals surface area (Å²) in [4.78, 5) is 46.4. The third-order valence-electron chi connectivity index (χ3n) is 4.05. The zero-order valence-electron chi connectivity index (χ0n) is 14.9. The molecule has 154 valence electrons. The first-order valence-corrected chi connectivity index (χ1v) is 9.46. The van der Waals surface area contributed by atoms with E-state index in [2.05, 4.69) is 0 Å². The molecule has 1 atom stereocenters. The molecule has 30 heavy (non-hydrogen) atoms. The molecule has 0 aliphatic carbocycles. The van der Waals surface area contributed by atoms with Crippen LogP contribution in [0.2, 0.25) is 0 Å². The van der Waals surface area contributed by atoms with Gasteiger partial charge in [0.1, 0.15) is 21.9 Å². The van der Waals surface area contributed by atoms with E-state index in [0.717, 1.165) is 16.7 Å². The average molecular weight is 448 g/mol. The predicted octanol–water partition coefficient (Wildman–Crippen LogP) is 2.98. The monoisotopic (exact) mass is 448 g/mol. The summed E-state index contributed by atoms with van der Waals surface area (Å²) < 4.78 is 5.50. The maximum atomic E-state index is 12.6. The van der Waals surface area contributed by atoms with Crippen LogP contribution in [0.15, 0.2) is 45.7 Å². The molecule has 1 aromatic carbocycles. The number of hydrogen-bond acceptors (Lipinski definition) is 8. The number of benzene rings is 1. The van der Waals surface area contributed by atoms with Gasteiger partial charge in [0.05, 0.1) is 21.8 Å². The summed E-state index contributed by atoms with van der Waals surface area (Å²) in [6, 6.07) is 7.33. The second-order valence-electron chi connectivity index (χ2n) is 5.98. The lowest BCUT2D eigenvalue weighted by molar-refractivity contribution is -0.384. The van der Waals surface area contributed by atoms with Crippen LogP contribution in [0.25, 0.3) is 17.4 Å². The van der Waals surface area contributed by atoms with E-state index in [1.54, 1.807) is 6.07 Å². The largest absolute Gasteiger partial charge is 0.481 e. The normalized spacial score (nSPS) is 16.1. The molecule has 2 heterocycles. The Morgan fingerprint density at radius 2 is 1.97 bits per heavy atom. The number of furan rings is 1. The number of amides is 1. The smallest absolute Gasteiger partial charge is 0.327 e. The lowest BCUT2D eigenvalue weighted by Gasteiger charge is -2.21. The van der Waals surface area contributed by atoms with E-state index in [1.807, 2.05) is 0 Å². The van der Waals surface area contributed by atoms with E-state index in [4.69, 9.17) is 21.7 Å². The molecule has 0 spiro atoms. The SMILES string of the molecule is O=C(O)CC(C(=O)O)N1C(=O)/C(=C/c2ccc(-c3ccccc3[N+](=O)[O-])o2)SC1=S. The molecule has 10 nitrogen and oxygen atoms in total. The van der Waals surface area contributed by atoms with Gasteiger partial charge in [0.15, 0.2) is 0 Å². The summed E-state index contributed by atoms with van der Waals surface area (Å²) >= 11 is 5.86. The summed E-state index contributed by atoms with van der Waals surface area (Å²) in [5.74, 6) is -3.25. The molecule has 0 saturated carbocycles. The number of aliphatic carboxylic acids is 2. The van der Waals surface area contributed by atoms with Crippen molar-refractivity contribution in [2.24, 2.45) is 0 Å². The quantitative estimate of drug-likeness (QED) is 0.280. The maximum absolute atomic E-state index is 12.6. The molecule has 1 unspecified atom stereocenters. The van der Waals surface area contributed by atoms with Crippen molar-refractivity contribution in [1.82, 2.24) is 4.90 Å². The van der Waals surface area contributed by atoms with Crippen LogP contribution in [-0.4, -0.2) is 48.2 Å². The minimum Gasteiger partial charge on any atom is -0.481 e. The van der Waals surface area contributed by atoms with Gasteiger partial charge < -0.3 is 14.6 Å². The van der Waals surface area contributed by atoms with Gasteiger partial charge in [0, 0.05) is 12.1 Å². The number of carbonyl (C=O) groups is 3. The first-order valence-electron chi connectivity index (χ1n) is 8.24. The third-order valence-corrected chi connectivity index (χ3v) is 5.38. The van der Waals surface area contributed by atoms with Crippen molar-refractivity contribution >= 4 is 57.9 Å². The van der Waals surface area contributed by atoms with Crippen molar-refractivity contribution in [3.8, 4) is 11.3 Å². The maximum Gasteiger partial charge on any atom is 0.327 e. The highest BCUT2D eigenvalue weighted by atomic mass is 32.2. The number of carbonyl (C=O) groups excluding carboxylic acids is 1. The average Bonchev–Trinajstić information content (AvgIpc) is 3.24.